The molecule has 8 heteroatoms. The summed E-state index contributed by atoms with van der Waals surface area (Å²) in [4.78, 5) is 21.2. The molecule has 0 radical (unpaired) electrons. The number of carbonyl (C=O) groups excluding carboxylic acids is 1. The van der Waals surface area contributed by atoms with E-state index in [1.807, 2.05) is 22.6 Å². The highest BCUT2D eigenvalue weighted by atomic mass is 127. The molecule has 3 N–H and O–H groups in total. The Kier molecular flexibility index (Phi) is 6.12. The lowest BCUT2D eigenvalue weighted by Crippen LogP contribution is -2.42. The fourth-order valence-corrected chi connectivity index (χ4v) is 1.72. The molecule has 0 heterocycles. The lowest BCUT2D eigenvalue weighted by molar-refractivity contribution is -0.384. The number of aliphatic hydroxyl groups is 2. The summed E-state index contributed by atoms with van der Waals surface area (Å²) in [6, 6.07) is 4.45. The molecule has 0 bridgehead atoms. The third-order valence-corrected chi connectivity index (χ3v) is 3.18. The Hall–Kier alpha value is -1.26. The summed E-state index contributed by atoms with van der Waals surface area (Å²) < 4.78 is 0.210. The molecule has 0 fully saturated rings. The minimum atomic E-state index is -1.13. The van der Waals surface area contributed by atoms with Gasteiger partial charge in [-0.1, -0.05) is 22.6 Å². The van der Waals surface area contributed by atoms with E-state index in [1.54, 1.807) is 0 Å². The van der Waals surface area contributed by atoms with Crippen molar-refractivity contribution in [3.05, 3.63) is 39.9 Å². The zero-order valence-corrected chi connectivity index (χ0v) is 12.0. The highest BCUT2D eigenvalue weighted by Gasteiger charge is 2.22. The standard InChI is InChI=1S/C11H13IN2O5/c12-5-10(16)13-9(6-15)11(17)7-1-3-8(4-2-7)14(18)19/h1-4,9,11,15,17H,5-6H2,(H,13,16)/t9-,11-/m0/s1. The predicted molar refractivity (Wildman–Crippen MR) is 76.0 cm³/mol. The van der Waals surface area contributed by atoms with Gasteiger partial charge in [0.05, 0.1) is 22.0 Å². The predicted octanol–water partition coefficient (Wildman–Crippen LogP) is 0.540. The van der Waals surface area contributed by atoms with Crippen LogP contribution in [0.25, 0.3) is 0 Å². The van der Waals surface area contributed by atoms with E-state index in [0.717, 1.165) is 0 Å². The average Bonchev–Trinajstić information content (AvgIpc) is 2.43. The first-order valence-electron chi connectivity index (χ1n) is 5.38. The maximum atomic E-state index is 11.2. The van der Waals surface area contributed by atoms with E-state index in [-0.39, 0.29) is 16.0 Å². The van der Waals surface area contributed by atoms with Gasteiger partial charge in [-0.2, -0.15) is 0 Å². The maximum Gasteiger partial charge on any atom is 0.269 e. The quantitative estimate of drug-likeness (QED) is 0.289. The molecule has 1 aromatic rings. The van der Waals surface area contributed by atoms with Crippen LogP contribution in [0, 0.1) is 10.1 Å². The first kappa shape index (κ1) is 15.8. The number of nitro groups is 1. The minimum absolute atomic E-state index is 0.0900. The number of amides is 1. The van der Waals surface area contributed by atoms with Crippen molar-refractivity contribution >= 4 is 34.2 Å². The van der Waals surface area contributed by atoms with Crippen LogP contribution in [0.4, 0.5) is 5.69 Å². The van der Waals surface area contributed by atoms with Crippen LogP contribution < -0.4 is 5.32 Å². The van der Waals surface area contributed by atoms with Crippen molar-refractivity contribution in [1.29, 1.82) is 0 Å². The third-order valence-electron chi connectivity index (χ3n) is 2.49. The Labute approximate surface area is 122 Å². The number of nitrogens with zero attached hydrogens (tertiary/aromatic N) is 1. The van der Waals surface area contributed by atoms with E-state index in [9.17, 15) is 20.0 Å². The number of aliphatic hydroxyl groups excluding tert-OH is 2. The number of carbonyl (C=O) groups is 1. The summed E-state index contributed by atoms with van der Waals surface area (Å²) >= 11 is 1.86. The van der Waals surface area contributed by atoms with Gasteiger partial charge in [0.1, 0.15) is 6.10 Å². The van der Waals surface area contributed by atoms with Crippen molar-refractivity contribution in [3.8, 4) is 0 Å². The van der Waals surface area contributed by atoms with Gasteiger partial charge in [0, 0.05) is 12.1 Å². The van der Waals surface area contributed by atoms with Crippen LogP contribution in [0.2, 0.25) is 0 Å². The van der Waals surface area contributed by atoms with Crippen LogP contribution in [-0.2, 0) is 4.79 Å². The van der Waals surface area contributed by atoms with Crippen LogP contribution in [0.15, 0.2) is 24.3 Å². The highest BCUT2D eigenvalue weighted by molar-refractivity contribution is 14.1. The molecule has 0 saturated heterocycles. The van der Waals surface area contributed by atoms with Crippen LogP contribution >= 0.6 is 22.6 Å². The van der Waals surface area contributed by atoms with Crippen LogP contribution in [0.1, 0.15) is 11.7 Å². The van der Waals surface area contributed by atoms with Crippen molar-refractivity contribution < 1.29 is 19.9 Å². The molecule has 0 aromatic heterocycles. The molecule has 104 valence electrons. The smallest absolute Gasteiger partial charge is 0.269 e. The summed E-state index contributed by atoms with van der Waals surface area (Å²) in [5.74, 6) is -0.305. The van der Waals surface area contributed by atoms with E-state index in [1.165, 1.54) is 24.3 Å². The number of nitrogens with one attached hydrogen (secondary N) is 1. The molecule has 1 amide bonds. The largest absolute Gasteiger partial charge is 0.394 e. The van der Waals surface area contributed by atoms with Crippen molar-refractivity contribution in [2.24, 2.45) is 0 Å². The van der Waals surface area contributed by atoms with Crippen molar-refractivity contribution in [2.45, 2.75) is 12.1 Å². The lowest BCUT2D eigenvalue weighted by atomic mass is 10.0. The van der Waals surface area contributed by atoms with E-state index >= 15 is 0 Å². The molecule has 0 unspecified atom stereocenters. The Morgan fingerprint density at radius 1 is 1.42 bits per heavy atom. The van der Waals surface area contributed by atoms with Crippen LogP contribution in [0.3, 0.4) is 0 Å². The number of rotatable bonds is 6. The van der Waals surface area contributed by atoms with Gasteiger partial charge < -0.3 is 15.5 Å². The zero-order valence-electron chi connectivity index (χ0n) is 9.82. The highest BCUT2D eigenvalue weighted by Crippen LogP contribution is 2.20. The Balaban J connectivity index is 2.81. The van der Waals surface area contributed by atoms with Gasteiger partial charge >= 0.3 is 0 Å². The normalized spacial score (nSPS) is 13.6. The molecule has 0 spiro atoms. The first-order chi connectivity index (χ1) is 8.99. The van der Waals surface area contributed by atoms with Crippen molar-refractivity contribution in [1.82, 2.24) is 5.32 Å². The van der Waals surface area contributed by atoms with E-state index in [2.05, 4.69) is 5.32 Å². The maximum absolute atomic E-state index is 11.2. The molecule has 2 atom stereocenters. The fraction of sp³-hybridized carbons (Fsp3) is 0.364. The number of hydrogen-bond donors (Lipinski definition) is 3. The number of halogens is 1. The summed E-state index contributed by atoms with van der Waals surface area (Å²) in [6.07, 6.45) is -1.13. The molecule has 0 saturated carbocycles. The number of hydrogen-bond acceptors (Lipinski definition) is 5. The average molecular weight is 380 g/mol. The summed E-state index contributed by atoms with van der Waals surface area (Å²) in [5, 5.41) is 32.1. The number of alkyl halides is 1. The number of nitro benzene ring substituents is 1. The van der Waals surface area contributed by atoms with Crippen LogP contribution in [-0.4, -0.2) is 38.1 Å². The SMILES string of the molecule is O=C(CI)N[C@@H](CO)[C@@H](O)c1ccc([N+](=O)[O-])cc1. The Bertz CT molecular complexity index is 451. The molecular weight excluding hydrogens is 367 g/mol. The first-order valence-corrected chi connectivity index (χ1v) is 6.90. The van der Waals surface area contributed by atoms with Gasteiger partial charge in [-0.25, -0.2) is 0 Å². The fourth-order valence-electron chi connectivity index (χ4n) is 1.50. The van der Waals surface area contributed by atoms with Crippen LogP contribution in [0.5, 0.6) is 0 Å². The molecule has 0 aliphatic rings. The Morgan fingerprint density at radius 2 is 2.00 bits per heavy atom. The molecule has 0 aliphatic heterocycles. The molecular formula is C11H13IN2O5. The molecule has 7 nitrogen and oxygen atoms in total. The second-order valence-electron chi connectivity index (χ2n) is 3.78. The van der Waals surface area contributed by atoms with Gasteiger partial charge in [-0.05, 0) is 17.7 Å². The summed E-state index contributed by atoms with van der Waals surface area (Å²) in [5.41, 5.74) is 0.297. The molecule has 19 heavy (non-hydrogen) atoms. The van der Waals surface area contributed by atoms with E-state index < -0.39 is 23.7 Å². The van der Waals surface area contributed by atoms with Gasteiger partial charge in [0.2, 0.25) is 5.91 Å². The van der Waals surface area contributed by atoms with Crippen molar-refractivity contribution in [3.63, 3.8) is 0 Å². The minimum Gasteiger partial charge on any atom is -0.394 e. The summed E-state index contributed by atoms with van der Waals surface area (Å²) in [6.45, 7) is -0.430. The summed E-state index contributed by atoms with van der Waals surface area (Å²) in [7, 11) is 0. The molecule has 1 rings (SSSR count). The number of non-ortho nitro benzene ring substituents is 1. The van der Waals surface area contributed by atoms with Gasteiger partial charge in [0.15, 0.2) is 0 Å². The van der Waals surface area contributed by atoms with Gasteiger partial charge in [-0.15, -0.1) is 0 Å². The van der Waals surface area contributed by atoms with E-state index in [0.29, 0.717) is 5.56 Å². The lowest BCUT2D eigenvalue weighted by Gasteiger charge is -2.22. The monoisotopic (exact) mass is 380 g/mol. The Morgan fingerprint density at radius 3 is 2.42 bits per heavy atom. The second-order valence-corrected chi connectivity index (χ2v) is 4.55. The van der Waals surface area contributed by atoms with Gasteiger partial charge in [-0.3, -0.25) is 14.9 Å². The number of benzene rings is 1. The van der Waals surface area contributed by atoms with Gasteiger partial charge in [0.25, 0.3) is 5.69 Å². The third kappa shape index (κ3) is 4.40. The zero-order chi connectivity index (χ0) is 14.4. The molecule has 0 aliphatic carbocycles. The van der Waals surface area contributed by atoms with Crippen molar-refractivity contribution in [2.75, 3.05) is 11.0 Å². The second kappa shape index (κ2) is 7.36. The topological polar surface area (TPSA) is 113 Å². The molecule has 1 aromatic carbocycles. The van der Waals surface area contributed by atoms with E-state index in [4.69, 9.17) is 5.11 Å².